The van der Waals surface area contributed by atoms with E-state index in [9.17, 15) is 50.8 Å². The first-order valence-corrected chi connectivity index (χ1v) is 11.5. The average Bonchev–Trinajstić information content (AvgIpc) is 3.07. The third-order valence-electron chi connectivity index (χ3n) is 7.31. The van der Waals surface area contributed by atoms with Crippen molar-refractivity contribution in [3.63, 3.8) is 0 Å². The van der Waals surface area contributed by atoms with Crippen LogP contribution in [-0.4, -0.2) is 84.0 Å². The normalized spacial score (nSPS) is 19.7. The number of aliphatic hydroxyl groups is 2. The van der Waals surface area contributed by atoms with Crippen LogP contribution < -0.4 is 9.47 Å². The second-order valence-electron chi connectivity index (χ2n) is 9.33. The number of likely N-dealkylation sites (tertiary alicyclic amines) is 1. The molecule has 0 amide bonds. The molecule has 37 heavy (non-hydrogen) atoms. The zero-order valence-electron chi connectivity index (χ0n) is 20.1. The Hall–Kier alpha value is -3.81. The topological polar surface area (TPSA) is 221 Å². The first kappa shape index (κ1) is 26.3. The largest absolute Gasteiger partial charge is 0.504 e. The second kappa shape index (κ2) is 9.25. The van der Waals surface area contributed by atoms with Gasteiger partial charge >= 0.3 is 0 Å². The Morgan fingerprint density at radius 1 is 0.784 bits per heavy atom. The van der Waals surface area contributed by atoms with Gasteiger partial charge in [0.2, 0.25) is 34.5 Å². The number of piperidine rings is 1. The smallest absolute Gasteiger partial charge is 0.208 e. The number of Topliss-reactive ketones (excluding diaryl/α,β-unsaturated/α-hetero) is 1. The van der Waals surface area contributed by atoms with Crippen LogP contribution in [0.2, 0.25) is 0 Å². The monoisotopic (exact) mass is 523 g/mol. The lowest BCUT2D eigenvalue weighted by atomic mass is 9.83. The number of nitrogens with zero attached hydrogens (tertiary/aromatic N) is 1. The van der Waals surface area contributed by atoms with Crippen LogP contribution >= 0.6 is 0 Å². The number of hydrogen-bond acceptors (Lipinski definition) is 13. The molecule has 2 aromatic carbocycles. The van der Waals surface area contributed by atoms with Gasteiger partial charge < -0.3 is 55.4 Å². The van der Waals surface area contributed by atoms with E-state index < -0.39 is 68.9 Å². The van der Waals surface area contributed by atoms with Gasteiger partial charge in [-0.15, -0.1) is 0 Å². The third kappa shape index (κ3) is 3.95. The summed E-state index contributed by atoms with van der Waals surface area (Å²) >= 11 is 0. The van der Waals surface area contributed by atoms with Gasteiger partial charge in [0.05, 0.1) is 36.8 Å². The van der Waals surface area contributed by atoms with Gasteiger partial charge in [-0.05, 0) is 38.3 Å². The maximum Gasteiger partial charge on any atom is 0.208 e. The van der Waals surface area contributed by atoms with E-state index in [4.69, 9.17) is 9.47 Å². The van der Waals surface area contributed by atoms with E-state index in [2.05, 4.69) is 0 Å². The summed E-state index contributed by atoms with van der Waals surface area (Å²) in [6.45, 7) is 0.717. The molecule has 4 rings (SSSR count). The Morgan fingerprint density at radius 3 is 1.78 bits per heavy atom. The zero-order chi connectivity index (χ0) is 27.4. The number of carbonyl (C=O) groups excluding carboxylic acids is 1. The molecule has 1 aliphatic carbocycles. The van der Waals surface area contributed by atoms with Gasteiger partial charge in [-0.2, -0.15) is 0 Å². The van der Waals surface area contributed by atoms with Crippen molar-refractivity contribution < 1.29 is 60.2 Å². The van der Waals surface area contributed by atoms with E-state index in [0.29, 0.717) is 25.9 Å². The molecule has 0 spiro atoms. The molecule has 1 atom stereocenters. The van der Waals surface area contributed by atoms with Gasteiger partial charge in [0.25, 0.3) is 0 Å². The van der Waals surface area contributed by atoms with Crippen LogP contribution in [0.5, 0.6) is 51.7 Å². The van der Waals surface area contributed by atoms with Crippen molar-refractivity contribution in [2.24, 2.45) is 11.8 Å². The van der Waals surface area contributed by atoms with Crippen molar-refractivity contribution in [1.29, 1.82) is 0 Å². The van der Waals surface area contributed by atoms with Gasteiger partial charge in [0, 0.05) is 6.54 Å². The number of fused-ring (bicyclic) bond motifs is 1. The quantitative estimate of drug-likeness (QED) is 0.146. The Kier molecular flexibility index (Phi) is 6.56. The van der Waals surface area contributed by atoms with Gasteiger partial charge in [-0.1, -0.05) is 0 Å². The van der Waals surface area contributed by atoms with E-state index in [1.54, 1.807) is 4.90 Å². The average molecular weight is 523 g/mol. The Balaban J connectivity index is 1.50. The van der Waals surface area contributed by atoms with Gasteiger partial charge in [-0.25, -0.2) is 0 Å². The molecule has 0 radical (unpaired) electrons. The molecular weight excluding hydrogens is 494 g/mol. The number of phenols is 7. The maximum absolute atomic E-state index is 13.2. The van der Waals surface area contributed by atoms with Crippen LogP contribution in [0.25, 0.3) is 0 Å². The number of benzene rings is 2. The number of phenolic OH excluding ortho intramolecular Hbond substituents is 7. The molecule has 1 unspecified atom stereocenters. The molecule has 0 bridgehead atoms. The van der Waals surface area contributed by atoms with E-state index in [1.165, 1.54) is 14.2 Å². The fraction of sp³-hybridized carbons (Fsp3) is 0.458. The van der Waals surface area contributed by atoms with Crippen molar-refractivity contribution in [2.45, 2.75) is 31.6 Å². The molecule has 1 aliphatic heterocycles. The fourth-order valence-corrected chi connectivity index (χ4v) is 5.28. The SMILES string of the molecule is COc1c(O)c2c(c(O)c1OC)C(O)(O)C(CC1CCN(Cc3c(O)c(O)c(O)c(O)c3O)CC1)C2=O. The van der Waals surface area contributed by atoms with Crippen LogP contribution in [-0.2, 0) is 12.3 Å². The zero-order valence-corrected chi connectivity index (χ0v) is 20.1. The van der Waals surface area contributed by atoms with E-state index >= 15 is 0 Å². The number of ketones is 1. The highest BCUT2D eigenvalue weighted by Crippen LogP contribution is 2.58. The molecule has 0 saturated carbocycles. The van der Waals surface area contributed by atoms with Gasteiger partial charge in [-0.3, -0.25) is 9.69 Å². The first-order chi connectivity index (χ1) is 17.4. The summed E-state index contributed by atoms with van der Waals surface area (Å²) in [5.74, 6) is -11.6. The standard InChI is InChI=1S/C24H29NO12/c1-36-22-17(29)12-13(18(30)23(22)37-2)24(34,35)11(16(12)28)7-9-3-5-25(6-4-9)8-10-14(26)19(31)21(33)20(32)15(10)27/h9,11,26-27,29-35H,3-8H2,1-2H3. The Morgan fingerprint density at radius 2 is 1.27 bits per heavy atom. The molecule has 202 valence electrons. The number of aromatic hydroxyl groups is 7. The predicted molar refractivity (Wildman–Crippen MR) is 124 cm³/mol. The minimum Gasteiger partial charge on any atom is -0.504 e. The minimum atomic E-state index is -2.77. The van der Waals surface area contributed by atoms with Gasteiger partial charge in [0.1, 0.15) is 0 Å². The second-order valence-corrected chi connectivity index (χ2v) is 9.33. The van der Waals surface area contributed by atoms with Crippen LogP contribution in [0, 0.1) is 11.8 Å². The molecule has 2 aliphatic rings. The fourth-order valence-electron chi connectivity index (χ4n) is 5.28. The number of ether oxygens (including phenoxy) is 2. The molecule has 1 fully saturated rings. The van der Waals surface area contributed by atoms with Crippen molar-refractivity contribution in [3.8, 4) is 51.7 Å². The molecular formula is C24H29NO12. The van der Waals surface area contributed by atoms with Crippen LogP contribution in [0.4, 0.5) is 0 Å². The van der Waals surface area contributed by atoms with Crippen molar-refractivity contribution in [2.75, 3.05) is 27.3 Å². The highest BCUT2D eigenvalue weighted by atomic mass is 16.5. The van der Waals surface area contributed by atoms with Crippen LogP contribution in [0.1, 0.15) is 40.7 Å². The first-order valence-electron chi connectivity index (χ1n) is 11.5. The highest BCUT2D eigenvalue weighted by Gasteiger charge is 2.55. The lowest BCUT2D eigenvalue weighted by Crippen LogP contribution is -2.38. The number of carbonyl (C=O) groups is 1. The van der Waals surface area contributed by atoms with E-state index in [-0.39, 0.29) is 35.9 Å². The van der Waals surface area contributed by atoms with Crippen molar-refractivity contribution in [1.82, 2.24) is 4.90 Å². The highest BCUT2D eigenvalue weighted by molar-refractivity contribution is 6.07. The molecule has 13 heteroatoms. The molecule has 2 aromatic rings. The summed E-state index contributed by atoms with van der Waals surface area (Å²) in [6.07, 6.45) is 0.964. The summed E-state index contributed by atoms with van der Waals surface area (Å²) < 4.78 is 10.1. The summed E-state index contributed by atoms with van der Waals surface area (Å²) in [5.41, 5.74) is -1.17. The number of methoxy groups -OCH3 is 2. The van der Waals surface area contributed by atoms with E-state index in [0.717, 1.165) is 0 Å². The third-order valence-corrected chi connectivity index (χ3v) is 7.31. The van der Waals surface area contributed by atoms with Crippen LogP contribution in [0.15, 0.2) is 0 Å². The number of hydrogen-bond donors (Lipinski definition) is 9. The van der Waals surface area contributed by atoms with Crippen LogP contribution in [0.3, 0.4) is 0 Å². The minimum absolute atomic E-state index is 0.0230. The molecule has 13 nitrogen and oxygen atoms in total. The lowest BCUT2D eigenvalue weighted by Gasteiger charge is -2.34. The maximum atomic E-state index is 13.2. The van der Waals surface area contributed by atoms with Crippen molar-refractivity contribution >= 4 is 5.78 Å². The Labute approximate surface area is 210 Å². The molecule has 9 N–H and O–H groups in total. The summed E-state index contributed by atoms with van der Waals surface area (Å²) in [5, 5.41) is 92.3. The van der Waals surface area contributed by atoms with Gasteiger partial charge in [0.15, 0.2) is 28.8 Å². The number of rotatable bonds is 6. The van der Waals surface area contributed by atoms with Crippen molar-refractivity contribution in [3.05, 3.63) is 16.7 Å². The Bertz CT molecular complexity index is 1220. The summed E-state index contributed by atoms with van der Waals surface area (Å²) in [4.78, 5) is 15.0. The summed E-state index contributed by atoms with van der Waals surface area (Å²) in [6, 6.07) is 0. The lowest BCUT2D eigenvalue weighted by molar-refractivity contribution is -0.196. The molecule has 1 saturated heterocycles. The summed E-state index contributed by atoms with van der Waals surface area (Å²) in [7, 11) is 2.38. The predicted octanol–water partition coefficient (Wildman–Crippen LogP) is 0.895. The molecule has 0 aromatic heterocycles. The van der Waals surface area contributed by atoms with E-state index in [1.807, 2.05) is 0 Å². The molecule has 1 heterocycles.